The molecule has 0 spiro atoms. The third-order valence-corrected chi connectivity index (χ3v) is 4.18. The quantitative estimate of drug-likeness (QED) is 0.740. The van der Waals surface area contributed by atoms with Crippen molar-refractivity contribution in [1.82, 2.24) is 15.1 Å². The first-order chi connectivity index (χ1) is 9.31. The molecule has 5 heteroatoms. The molecule has 0 radical (unpaired) electrons. The maximum atomic E-state index is 12.4. The minimum absolute atomic E-state index is 0.232. The second kappa shape index (κ2) is 7.82. The average Bonchev–Trinajstić information content (AvgIpc) is 2.74. The van der Waals surface area contributed by atoms with E-state index in [0.29, 0.717) is 12.6 Å². The topological polar surface area (TPSA) is 55.8 Å². The lowest BCUT2D eigenvalue weighted by Gasteiger charge is -2.28. The Morgan fingerprint density at radius 2 is 2.11 bits per heavy atom. The Balaban J connectivity index is 1.80. The van der Waals surface area contributed by atoms with Crippen LogP contribution in [0.2, 0.25) is 0 Å². The smallest absolute Gasteiger partial charge is 0.236 e. The molecule has 110 valence electrons. The molecule has 0 bridgehead atoms. The molecule has 2 saturated heterocycles. The van der Waals surface area contributed by atoms with Crippen LogP contribution in [-0.4, -0.2) is 72.7 Å². The summed E-state index contributed by atoms with van der Waals surface area (Å²) in [5.41, 5.74) is 0. The van der Waals surface area contributed by atoms with Gasteiger partial charge in [0.25, 0.3) is 0 Å². The number of aliphatic hydroxyl groups is 1. The van der Waals surface area contributed by atoms with Crippen LogP contribution in [0.5, 0.6) is 0 Å². The van der Waals surface area contributed by atoms with Gasteiger partial charge in [-0.15, -0.1) is 0 Å². The summed E-state index contributed by atoms with van der Waals surface area (Å²) in [6.07, 6.45) is 5.10. The molecule has 1 amide bonds. The highest BCUT2D eigenvalue weighted by atomic mass is 16.3. The summed E-state index contributed by atoms with van der Waals surface area (Å²) in [6.45, 7) is 5.75. The standard InChI is InChI=1S/C14H27N3O2/c18-11-2-5-13-4-1-9-17(13)14(19)12-16-8-3-6-15-7-10-16/h13,15,18H,1-12H2. The largest absolute Gasteiger partial charge is 0.396 e. The van der Waals surface area contributed by atoms with Crippen LogP contribution in [0.4, 0.5) is 0 Å². The average molecular weight is 269 g/mol. The molecular weight excluding hydrogens is 242 g/mol. The van der Waals surface area contributed by atoms with E-state index in [2.05, 4.69) is 10.2 Å². The highest BCUT2D eigenvalue weighted by molar-refractivity contribution is 5.78. The minimum Gasteiger partial charge on any atom is -0.396 e. The zero-order chi connectivity index (χ0) is 13.5. The summed E-state index contributed by atoms with van der Waals surface area (Å²) in [5, 5.41) is 12.3. The molecule has 0 aromatic rings. The van der Waals surface area contributed by atoms with Crippen molar-refractivity contribution >= 4 is 5.91 Å². The number of hydrogen-bond donors (Lipinski definition) is 2. The number of likely N-dealkylation sites (tertiary alicyclic amines) is 1. The van der Waals surface area contributed by atoms with Gasteiger partial charge in [-0.3, -0.25) is 9.69 Å². The van der Waals surface area contributed by atoms with Gasteiger partial charge in [-0.05, 0) is 45.2 Å². The first-order valence-corrected chi connectivity index (χ1v) is 7.64. The lowest BCUT2D eigenvalue weighted by molar-refractivity contribution is -0.133. The van der Waals surface area contributed by atoms with E-state index in [1.165, 1.54) is 0 Å². The summed E-state index contributed by atoms with van der Waals surface area (Å²) >= 11 is 0. The molecule has 19 heavy (non-hydrogen) atoms. The number of hydrogen-bond acceptors (Lipinski definition) is 4. The molecule has 2 N–H and O–H groups in total. The minimum atomic E-state index is 0.232. The Morgan fingerprint density at radius 3 is 2.95 bits per heavy atom. The lowest BCUT2D eigenvalue weighted by Crippen LogP contribution is -2.43. The van der Waals surface area contributed by atoms with Gasteiger partial charge in [0.2, 0.25) is 5.91 Å². The highest BCUT2D eigenvalue weighted by Crippen LogP contribution is 2.21. The van der Waals surface area contributed by atoms with Crippen LogP contribution in [0.25, 0.3) is 0 Å². The van der Waals surface area contributed by atoms with Gasteiger partial charge in [0.05, 0.1) is 6.54 Å². The van der Waals surface area contributed by atoms with Crippen molar-refractivity contribution in [2.45, 2.75) is 38.1 Å². The zero-order valence-corrected chi connectivity index (χ0v) is 11.8. The summed E-state index contributed by atoms with van der Waals surface area (Å²) in [7, 11) is 0. The second-order valence-corrected chi connectivity index (χ2v) is 5.63. The fraction of sp³-hybridized carbons (Fsp3) is 0.929. The molecule has 2 fully saturated rings. The molecule has 1 unspecified atom stereocenters. The number of nitrogens with zero attached hydrogens (tertiary/aromatic N) is 2. The molecule has 2 rings (SSSR count). The molecule has 0 aromatic carbocycles. The van der Waals surface area contributed by atoms with E-state index in [1.807, 2.05) is 4.90 Å². The van der Waals surface area contributed by atoms with Gasteiger partial charge in [0.1, 0.15) is 0 Å². The van der Waals surface area contributed by atoms with E-state index in [-0.39, 0.29) is 12.5 Å². The Morgan fingerprint density at radius 1 is 1.21 bits per heavy atom. The van der Waals surface area contributed by atoms with Crippen molar-refractivity contribution in [2.75, 3.05) is 45.9 Å². The Kier molecular flexibility index (Phi) is 6.07. The molecular formula is C14H27N3O2. The first-order valence-electron chi connectivity index (χ1n) is 7.64. The van der Waals surface area contributed by atoms with Crippen LogP contribution in [0.15, 0.2) is 0 Å². The van der Waals surface area contributed by atoms with Crippen LogP contribution in [0, 0.1) is 0 Å². The molecule has 5 nitrogen and oxygen atoms in total. The van der Waals surface area contributed by atoms with Crippen LogP contribution in [0.3, 0.4) is 0 Å². The first kappa shape index (κ1) is 14.8. The van der Waals surface area contributed by atoms with Crippen molar-refractivity contribution in [3.63, 3.8) is 0 Å². The lowest BCUT2D eigenvalue weighted by atomic mass is 10.1. The molecule has 0 aromatic heterocycles. The molecule has 2 heterocycles. The molecule has 0 aliphatic carbocycles. The highest BCUT2D eigenvalue weighted by Gasteiger charge is 2.28. The molecule has 0 saturated carbocycles. The molecule has 2 aliphatic rings. The summed E-state index contributed by atoms with van der Waals surface area (Å²) in [4.78, 5) is 16.7. The number of rotatable bonds is 5. The Labute approximate surface area is 115 Å². The predicted octanol–water partition coefficient (Wildman–Crippen LogP) is 0.0452. The maximum Gasteiger partial charge on any atom is 0.236 e. The van der Waals surface area contributed by atoms with E-state index in [4.69, 9.17) is 5.11 Å². The number of carbonyl (C=O) groups is 1. The maximum absolute atomic E-state index is 12.4. The van der Waals surface area contributed by atoms with Gasteiger partial charge in [-0.2, -0.15) is 0 Å². The van der Waals surface area contributed by atoms with Gasteiger partial charge in [0.15, 0.2) is 0 Å². The summed E-state index contributed by atoms with van der Waals surface area (Å²) in [6, 6.07) is 0.366. The Bertz CT molecular complexity index is 278. The third-order valence-electron chi connectivity index (χ3n) is 4.18. The molecule has 2 aliphatic heterocycles. The summed E-state index contributed by atoms with van der Waals surface area (Å²) < 4.78 is 0. The van der Waals surface area contributed by atoms with Crippen molar-refractivity contribution in [3.8, 4) is 0 Å². The van der Waals surface area contributed by atoms with Crippen LogP contribution >= 0.6 is 0 Å². The molecule has 1 atom stereocenters. The van der Waals surface area contributed by atoms with Gasteiger partial charge < -0.3 is 15.3 Å². The predicted molar refractivity (Wildman–Crippen MR) is 75.0 cm³/mol. The van der Waals surface area contributed by atoms with E-state index in [1.54, 1.807) is 0 Å². The van der Waals surface area contributed by atoms with Gasteiger partial charge in [-0.25, -0.2) is 0 Å². The fourth-order valence-electron chi connectivity index (χ4n) is 3.13. The van der Waals surface area contributed by atoms with Crippen LogP contribution < -0.4 is 5.32 Å². The van der Waals surface area contributed by atoms with E-state index in [0.717, 1.165) is 64.8 Å². The fourth-order valence-corrected chi connectivity index (χ4v) is 3.13. The van der Waals surface area contributed by atoms with Crippen molar-refractivity contribution in [2.24, 2.45) is 0 Å². The number of carbonyl (C=O) groups excluding carboxylic acids is 1. The van der Waals surface area contributed by atoms with Crippen LogP contribution in [-0.2, 0) is 4.79 Å². The van der Waals surface area contributed by atoms with Crippen molar-refractivity contribution < 1.29 is 9.90 Å². The van der Waals surface area contributed by atoms with E-state index < -0.39 is 0 Å². The monoisotopic (exact) mass is 269 g/mol. The van der Waals surface area contributed by atoms with Gasteiger partial charge in [-0.1, -0.05) is 0 Å². The normalized spacial score (nSPS) is 25.5. The summed E-state index contributed by atoms with van der Waals surface area (Å²) in [5.74, 6) is 0.280. The SMILES string of the molecule is O=C(CN1CCCNCC1)N1CCCC1CCCO. The number of aliphatic hydroxyl groups excluding tert-OH is 1. The number of nitrogens with one attached hydrogen (secondary N) is 1. The van der Waals surface area contributed by atoms with Crippen molar-refractivity contribution in [1.29, 1.82) is 0 Å². The third kappa shape index (κ3) is 4.44. The van der Waals surface area contributed by atoms with E-state index >= 15 is 0 Å². The van der Waals surface area contributed by atoms with Crippen LogP contribution in [0.1, 0.15) is 32.1 Å². The van der Waals surface area contributed by atoms with E-state index in [9.17, 15) is 4.79 Å². The number of amides is 1. The Hall–Kier alpha value is -0.650. The zero-order valence-electron chi connectivity index (χ0n) is 11.8. The van der Waals surface area contributed by atoms with Gasteiger partial charge >= 0.3 is 0 Å². The van der Waals surface area contributed by atoms with Crippen molar-refractivity contribution in [3.05, 3.63) is 0 Å². The van der Waals surface area contributed by atoms with Gasteiger partial charge in [0, 0.05) is 32.3 Å². The second-order valence-electron chi connectivity index (χ2n) is 5.63.